The van der Waals surface area contributed by atoms with E-state index in [4.69, 9.17) is 5.14 Å². The van der Waals surface area contributed by atoms with Crippen LogP contribution in [0.4, 0.5) is 0 Å². The van der Waals surface area contributed by atoms with Crippen molar-refractivity contribution in [3.8, 4) is 0 Å². The summed E-state index contributed by atoms with van der Waals surface area (Å²) in [4.78, 5) is 14.4. The number of primary sulfonamides is 1. The Morgan fingerprint density at radius 2 is 2.05 bits per heavy atom. The normalized spacial score (nSPS) is 20.1. The first-order chi connectivity index (χ1) is 9.79. The molecule has 0 aromatic heterocycles. The van der Waals surface area contributed by atoms with Gasteiger partial charge in [0.1, 0.15) is 0 Å². The van der Waals surface area contributed by atoms with Gasteiger partial charge in [-0.15, -0.1) is 0 Å². The lowest BCUT2D eigenvalue weighted by Crippen LogP contribution is -2.32. The summed E-state index contributed by atoms with van der Waals surface area (Å²) in [5.74, 6) is 0.462. The summed E-state index contributed by atoms with van der Waals surface area (Å²) in [6.45, 7) is 3.59. The second-order valence-corrected chi connectivity index (χ2v) is 7.93. The van der Waals surface area contributed by atoms with Crippen molar-refractivity contribution < 1.29 is 13.2 Å². The molecule has 116 valence electrons. The molecule has 7 heteroatoms. The van der Waals surface area contributed by atoms with Gasteiger partial charge in [0.2, 0.25) is 10.0 Å². The molecule has 2 rings (SSSR count). The van der Waals surface area contributed by atoms with E-state index >= 15 is 0 Å². The maximum absolute atomic E-state index is 12.6. The number of nitrogens with two attached hydrogens (primary N) is 1. The molecule has 0 bridgehead atoms. The first-order valence-corrected chi connectivity index (χ1v) is 9.24. The zero-order valence-corrected chi connectivity index (χ0v) is 14.3. The van der Waals surface area contributed by atoms with Crippen LogP contribution < -0.4 is 5.14 Å². The van der Waals surface area contributed by atoms with Crippen molar-refractivity contribution in [2.75, 3.05) is 13.1 Å². The second kappa shape index (κ2) is 6.46. The number of halogens is 1. The van der Waals surface area contributed by atoms with Crippen molar-refractivity contribution >= 4 is 31.9 Å². The quantitative estimate of drug-likeness (QED) is 0.862. The zero-order chi connectivity index (χ0) is 15.6. The van der Waals surface area contributed by atoms with E-state index < -0.39 is 10.0 Å². The number of amides is 1. The summed E-state index contributed by atoms with van der Waals surface area (Å²) in [7, 11) is -3.81. The van der Waals surface area contributed by atoms with Crippen LogP contribution in [0.3, 0.4) is 0 Å². The molecule has 0 radical (unpaired) electrons. The van der Waals surface area contributed by atoms with Crippen molar-refractivity contribution in [3.05, 3.63) is 28.2 Å². The number of carbonyl (C=O) groups is 1. The van der Waals surface area contributed by atoms with E-state index in [0.29, 0.717) is 29.0 Å². The highest BCUT2D eigenvalue weighted by Crippen LogP contribution is 2.24. The number of likely N-dealkylation sites (tertiary alicyclic amines) is 1. The van der Waals surface area contributed by atoms with Gasteiger partial charge >= 0.3 is 0 Å². The number of sulfonamides is 1. The van der Waals surface area contributed by atoms with Crippen molar-refractivity contribution in [1.29, 1.82) is 0 Å². The Balaban J connectivity index is 2.30. The average molecular weight is 375 g/mol. The van der Waals surface area contributed by atoms with Crippen molar-refractivity contribution in [2.45, 2.75) is 31.1 Å². The lowest BCUT2D eigenvalue weighted by Gasteiger charge is -2.21. The molecule has 1 aromatic rings. The lowest BCUT2D eigenvalue weighted by molar-refractivity contribution is 0.0759. The van der Waals surface area contributed by atoms with Crippen LogP contribution >= 0.6 is 15.9 Å². The van der Waals surface area contributed by atoms with E-state index in [1.54, 1.807) is 11.0 Å². The number of hydrogen-bond donors (Lipinski definition) is 1. The van der Waals surface area contributed by atoms with Gasteiger partial charge in [-0.3, -0.25) is 4.79 Å². The first kappa shape index (κ1) is 16.5. The van der Waals surface area contributed by atoms with Gasteiger partial charge in [0.15, 0.2) is 0 Å². The van der Waals surface area contributed by atoms with Gasteiger partial charge in [-0.05, 0) is 59.3 Å². The summed E-state index contributed by atoms with van der Waals surface area (Å²) in [5, 5.41) is 5.13. The predicted molar refractivity (Wildman–Crippen MR) is 84.4 cm³/mol. The average Bonchev–Trinajstić information content (AvgIpc) is 2.62. The predicted octanol–water partition coefficient (Wildman–Crippen LogP) is 2.36. The molecule has 0 spiro atoms. The zero-order valence-electron chi connectivity index (χ0n) is 11.9. The topological polar surface area (TPSA) is 80.5 Å². The molecular weight excluding hydrogens is 356 g/mol. The molecule has 1 aliphatic rings. The molecule has 1 heterocycles. The minimum atomic E-state index is -3.81. The van der Waals surface area contributed by atoms with Gasteiger partial charge in [-0.25, -0.2) is 13.6 Å². The molecule has 2 N–H and O–H groups in total. The third-order valence-corrected chi connectivity index (χ3v) is 5.40. The number of benzene rings is 1. The van der Waals surface area contributed by atoms with Crippen LogP contribution in [-0.2, 0) is 10.0 Å². The highest BCUT2D eigenvalue weighted by Gasteiger charge is 2.23. The summed E-state index contributed by atoms with van der Waals surface area (Å²) >= 11 is 3.31. The smallest absolute Gasteiger partial charge is 0.255 e. The summed E-state index contributed by atoms with van der Waals surface area (Å²) in [6.07, 6.45) is 3.06. The van der Waals surface area contributed by atoms with E-state index in [0.717, 1.165) is 19.3 Å². The Bertz CT molecular complexity index is 646. The third kappa shape index (κ3) is 4.05. The van der Waals surface area contributed by atoms with Crippen LogP contribution in [0.2, 0.25) is 0 Å². The van der Waals surface area contributed by atoms with Crippen molar-refractivity contribution in [1.82, 2.24) is 4.90 Å². The van der Waals surface area contributed by atoms with E-state index in [2.05, 4.69) is 22.9 Å². The molecule has 21 heavy (non-hydrogen) atoms. The van der Waals surface area contributed by atoms with Gasteiger partial charge in [0.05, 0.1) is 10.5 Å². The van der Waals surface area contributed by atoms with E-state index in [9.17, 15) is 13.2 Å². The van der Waals surface area contributed by atoms with Crippen LogP contribution in [0, 0.1) is 5.92 Å². The Morgan fingerprint density at radius 3 is 2.71 bits per heavy atom. The monoisotopic (exact) mass is 374 g/mol. The van der Waals surface area contributed by atoms with E-state index in [1.807, 2.05) is 0 Å². The van der Waals surface area contributed by atoms with Crippen LogP contribution in [0.15, 0.2) is 27.6 Å². The van der Waals surface area contributed by atoms with Crippen molar-refractivity contribution in [3.63, 3.8) is 0 Å². The molecular formula is C14H19BrN2O3S. The molecule has 5 nitrogen and oxygen atoms in total. The van der Waals surface area contributed by atoms with E-state index in [1.165, 1.54) is 12.1 Å². The number of nitrogens with zero attached hydrogens (tertiary/aromatic N) is 1. The lowest BCUT2D eigenvalue weighted by atomic mass is 10.0. The summed E-state index contributed by atoms with van der Waals surface area (Å²) in [5.41, 5.74) is 0.344. The fraction of sp³-hybridized carbons (Fsp3) is 0.500. The van der Waals surface area contributed by atoms with Crippen LogP contribution in [0.25, 0.3) is 0 Å². The molecule has 1 saturated heterocycles. The third-order valence-electron chi connectivity index (χ3n) is 3.80. The van der Waals surface area contributed by atoms with Gasteiger partial charge in [-0.1, -0.05) is 6.92 Å². The Labute approximate surface area is 133 Å². The summed E-state index contributed by atoms with van der Waals surface area (Å²) in [6, 6.07) is 4.28. The molecule has 1 fully saturated rings. The Kier molecular flexibility index (Phi) is 5.06. The van der Waals surface area contributed by atoms with Crippen LogP contribution in [0.5, 0.6) is 0 Å². The first-order valence-electron chi connectivity index (χ1n) is 6.90. The van der Waals surface area contributed by atoms with Gasteiger partial charge in [0, 0.05) is 17.6 Å². The molecule has 1 aliphatic heterocycles. The van der Waals surface area contributed by atoms with Gasteiger partial charge in [-0.2, -0.15) is 0 Å². The molecule has 1 aromatic carbocycles. The maximum atomic E-state index is 12.6. The molecule has 0 aliphatic carbocycles. The molecule has 0 saturated carbocycles. The van der Waals surface area contributed by atoms with E-state index in [-0.39, 0.29) is 10.8 Å². The van der Waals surface area contributed by atoms with Gasteiger partial charge in [0.25, 0.3) is 5.91 Å². The SMILES string of the molecule is CC1CCCN(C(=O)c2cc(S(N)(=O)=O)ccc2Br)CC1. The largest absolute Gasteiger partial charge is 0.339 e. The fourth-order valence-electron chi connectivity index (χ4n) is 2.48. The fourth-order valence-corrected chi connectivity index (χ4v) is 3.44. The molecule has 1 atom stereocenters. The van der Waals surface area contributed by atoms with Crippen LogP contribution in [-0.4, -0.2) is 32.3 Å². The minimum absolute atomic E-state index is 0.0442. The molecule has 1 unspecified atom stereocenters. The second-order valence-electron chi connectivity index (χ2n) is 5.51. The molecule has 1 amide bonds. The van der Waals surface area contributed by atoms with Crippen LogP contribution in [0.1, 0.15) is 36.5 Å². The number of hydrogen-bond acceptors (Lipinski definition) is 3. The highest BCUT2D eigenvalue weighted by molar-refractivity contribution is 9.10. The standard InChI is InChI=1S/C14H19BrN2O3S/c1-10-3-2-7-17(8-6-10)14(18)12-9-11(21(16,19)20)4-5-13(12)15/h4-5,9-10H,2-3,6-8H2,1H3,(H2,16,19,20). The number of carbonyl (C=O) groups excluding carboxylic acids is 1. The minimum Gasteiger partial charge on any atom is -0.339 e. The van der Waals surface area contributed by atoms with Crippen molar-refractivity contribution in [2.24, 2.45) is 11.1 Å². The Hall–Kier alpha value is -0.920. The van der Waals surface area contributed by atoms with Gasteiger partial charge < -0.3 is 4.90 Å². The maximum Gasteiger partial charge on any atom is 0.255 e. The Morgan fingerprint density at radius 1 is 1.33 bits per heavy atom. The number of rotatable bonds is 2. The highest BCUT2D eigenvalue weighted by atomic mass is 79.9. The summed E-state index contributed by atoms with van der Waals surface area (Å²) < 4.78 is 23.4.